The highest BCUT2D eigenvalue weighted by Gasteiger charge is 2.36. The summed E-state index contributed by atoms with van der Waals surface area (Å²) >= 11 is 5.72. The van der Waals surface area contributed by atoms with Crippen molar-refractivity contribution in [2.24, 2.45) is 0 Å². The highest BCUT2D eigenvalue weighted by Crippen LogP contribution is 2.30. The molecule has 0 saturated carbocycles. The van der Waals surface area contributed by atoms with Crippen molar-refractivity contribution in [2.75, 3.05) is 25.2 Å². The number of hydrogen-bond acceptors (Lipinski definition) is 4. The van der Waals surface area contributed by atoms with Crippen LogP contribution in [0.15, 0.2) is 6.07 Å². The van der Waals surface area contributed by atoms with Crippen LogP contribution in [0, 0.1) is 0 Å². The van der Waals surface area contributed by atoms with E-state index in [9.17, 15) is 13.2 Å². The monoisotopic (exact) mass is 325 g/mol. The van der Waals surface area contributed by atoms with Crippen LogP contribution < -0.4 is 4.90 Å². The van der Waals surface area contributed by atoms with Crippen LogP contribution in [0.5, 0.6) is 0 Å². The fraction of sp³-hybridized carbons (Fsp3) is 0.692. The average molecular weight is 326 g/mol. The quantitative estimate of drug-likeness (QED) is 0.715. The van der Waals surface area contributed by atoms with Gasteiger partial charge in [-0.05, 0) is 12.8 Å². The molecule has 0 bridgehead atoms. The Labute approximate surface area is 127 Å². The maximum absolute atomic E-state index is 12.8. The molecule has 0 saturated heterocycles. The third kappa shape index (κ3) is 5.00. The molecule has 4 nitrogen and oxygen atoms in total. The van der Waals surface area contributed by atoms with E-state index in [1.54, 1.807) is 12.0 Å². The van der Waals surface area contributed by atoms with Crippen molar-refractivity contribution in [2.45, 2.75) is 38.9 Å². The summed E-state index contributed by atoms with van der Waals surface area (Å²) in [7, 11) is 1.54. The van der Waals surface area contributed by atoms with Gasteiger partial charge >= 0.3 is 6.18 Å². The predicted molar refractivity (Wildman–Crippen MR) is 75.6 cm³/mol. The fourth-order valence-electron chi connectivity index (χ4n) is 2.08. The van der Waals surface area contributed by atoms with Gasteiger partial charge in [-0.3, -0.25) is 0 Å². The van der Waals surface area contributed by atoms with Crippen LogP contribution in [0.3, 0.4) is 0 Å². The zero-order chi connectivity index (χ0) is 16.0. The molecule has 1 aromatic rings. The first kappa shape index (κ1) is 18.0. The van der Waals surface area contributed by atoms with Gasteiger partial charge in [0.1, 0.15) is 11.0 Å². The second-order valence-corrected chi connectivity index (χ2v) is 4.91. The number of hydrogen-bond donors (Lipinski definition) is 0. The van der Waals surface area contributed by atoms with E-state index >= 15 is 0 Å². The van der Waals surface area contributed by atoms with E-state index in [1.165, 1.54) is 6.07 Å². The largest absolute Gasteiger partial charge is 0.451 e. The van der Waals surface area contributed by atoms with Crippen molar-refractivity contribution in [3.05, 3.63) is 17.0 Å². The van der Waals surface area contributed by atoms with Crippen molar-refractivity contribution in [1.82, 2.24) is 9.97 Å². The number of methoxy groups -OCH3 is 1. The lowest BCUT2D eigenvalue weighted by molar-refractivity contribution is -0.144. The van der Waals surface area contributed by atoms with E-state index in [0.29, 0.717) is 13.2 Å². The van der Waals surface area contributed by atoms with Gasteiger partial charge in [-0.25, -0.2) is 9.97 Å². The zero-order valence-electron chi connectivity index (χ0n) is 12.2. The molecule has 8 heteroatoms. The molecule has 0 radical (unpaired) electrons. The van der Waals surface area contributed by atoms with E-state index in [-0.39, 0.29) is 17.0 Å². The summed E-state index contributed by atoms with van der Waals surface area (Å²) in [5.41, 5.74) is 0. The van der Waals surface area contributed by atoms with Crippen molar-refractivity contribution in [1.29, 1.82) is 0 Å². The normalized spacial score (nSPS) is 12.0. The Kier molecular flexibility index (Phi) is 6.67. The summed E-state index contributed by atoms with van der Waals surface area (Å²) < 4.78 is 43.4. The second kappa shape index (κ2) is 7.79. The summed E-state index contributed by atoms with van der Waals surface area (Å²) in [6.07, 6.45) is -3.06. The third-order valence-corrected chi connectivity index (χ3v) is 3.34. The van der Waals surface area contributed by atoms with Crippen molar-refractivity contribution < 1.29 is 17.9 Å². The first-order valence-electron chi connectivity index (χ1n) is 6.70. The lowest BCUT2D eigenvalue weighted by atomic mass is 10.1. The highest BCUT2D eigenvalue weighted by atomic mass is 35.5. The molecule has 1 rings (SSSR count). The number of aromatic nitrogens is 2. The van der Waals surface area contributed by atoms with Crippen LogP contribution in [-0.4, -0.2) is 36.3 Å². The SMILES string of the molecule is CCC(CC)N(CCOC)c1cc(Cl)nc(C(F)(F)F)n1. The lowest BCUT2D eigenvalue weighted by Gasteiger charge is -2.31. The number of halogens is 4. The first-order valence-corrected chi connectivity index (χ1v) is 7.08. The number of anilines is 1. The first-order chi connectivity index (χ1) is 9.83. The molecule has 0 atom stereocenters. The van der Waals surface area contributed by atoms with Crippen LogP contribution in [-0.2, 0) is 10.9 Å². The molecule has 120 valence electrons. The Morgan fingerprint density at radius 1 is 1.29 bits per heavy atom. The summed E-state index contributed by atoms with van der Waals surface area (Å²) in [6.45, 7) is 4.77. The molecule has 0 aliphatic carbocycles. The Morgan fingerprint density at radius 2 is 1.90 bits per heavy atom. The Morgan fingerprint density at radius 3 is 2.38 bits per heavy atom. The topological polar surface area (TPSA) is 38.2 Å². The number of alkyl halides is 3. The molecular weight excluding hydrogens is 307 g/mol. The summed E-state index contributed by atoms with van der Waals surface area (Å²) in [5, 5.41) is -0.222. The molecule has 21 heavy (non-hydrogen) atoms. The average Bonchev–Trinajstić information content (AvgIpc) is 2.41. The van der Waals surface area contributed by atoms with E-state index < -0.39 is 12.0 Å². The summed E-state index contributed by atoms with van der Waals surface area (Å²) in [5.74, 6) is -1.05. The minimum atomic E-state index is -4.62. The smallest absolute Gasteiger partial charge is 0.383 e. The van der Waals surface area contributed by atoms with Gasteiger partial charge in [0.2, 0.25) is 5.82 Å². The van der Waals surface area contributed by atoms with Gasteiger partial charge in [0.25, 0.3) is 0 Å². The molecular formula is C13H19ClF3N3O. The zero-order valence-corrected chi connectivity index (χ0v) is 13.0. The summed E-state index contributed by atoms with van der Waals surface area (Å²) in [6, 6.07) is 1.41. The van der Waals surface area contributed by atoms with Gasteiger partial charge in [-0.15, -0.1) is 0 Å². The van der Waals surface area contributed by atoms with Gasteiger partial charge in [-0.2, -0.15) is 13.2 Å². The second-order valence-electron chi connectivity index (χ2n) is 4.53. The van der Waals surface area contributed by atoms with E-state index in [4.69, 9.17) is 16.3 Å². The molecule has 0 aliphatic rings. The Bertz CT molecular complexity index is 453. The molecule has 0 fully saturated rings. The molecule has 0 aliphatic heterocycles. The van der Waals surface area contributed by atoms with Crippen LogP contribution >= 0.6 is 11.6 Å². The molecule has 0 spiro atoms. The highest BCUT2D eigenvalue weighted by molar-refractivity contribution is 6.29. The third-order valence-electron chi connectivity index (χ3n) is 3.15. The van der Waals surface area contributed by atoms with Gasteiger partial charge in [-0.1, -0.05) is 25.4 Å². The van der Waals surface area contributed by atoms with Crippen LogP contribution in [0.1, 0.15) is 32.5 Å². The maximum atomic E-state index is 12.8. The molecule has 0 unspecified atom stereocenters. The number of rotatable bonds is 7. The van der Waals surface area contributed by atoms with Crippen molar-refractivity contribution >= 4 is 17.4 Å². The van der Waals surface area contributed by atoms with Gasteiger partial charge in [0.15, 0.2) is 0 Å². The Hall–Kier alpha value is -1.08. The predicted octanol–water partition coefficient (Wildman–Crippen LogP) is 3.79. The standard InChI is InChI=1S/C13H19ClF3N3O/c1-4-9(5-2)20(6-7-21-3)11-8-10(14)18-12(19-11)13(15,16)17/h8-9H,4-7H2,1-3H3. The molecule has 0 amide bonds. The van der Waals surface area contributed by atoms with Crippen LogP contribution in [0.4, 0.5) is 19.0 Å². The fourth-order valence-corrected chi connectivity index (χ4v) is 2.26. The van der Waals surface area contributed by atoms with Gasteiger partial charge in [0, 0.05) is 25.8 Å². The van der Waals surface area contributed by atoms with Crippen LogP contribution in [0.2, 0.25) is 5.15 Å². The maximum Gasteiger partial charge on any atom is 0.451 e. The molecule has 0 N–H and O–H groups in total. The van der Waals surface area contributed by atoms with Crippen LogP contribution in [0.25, 0.3) is 0 Å². The lowest BCUT2D eigenvalue weighted by Crippen LogP contribution is -2.38. The molecule has 1 heterocycles. The number of ether oxygens (including phenoxy) is 1. The van der Waals surface area contributed by atoms with E-state index in [0.717, 1.165) is 12.8 Å². The summed E-state index contributed by atoms with van der Waals surface area (Å²) in [4.78, 5) is 8.66. The minimum Gasteiger partial charge on any atom is -0.383 e. The van der Waals surface area contributed by atoms with Gasteiger partial charge < -0.3 is 9.64 Å². The van der Waals surface area contributed by atoms with Crippen molar-refractivity contribution in [3.8, 4) is 0 Å². The van der Waals surface area contributed by atoms with Gasteiger partial charge in [0.05, 0.1) is 6.61 Å². The number of nitrogens with zero attached hydrogens (tertiary/aromatic N) is 3. The van der Waals surface area contributed by atoms with Crippen molar-refractivity contribution in [3.63, 3.8) is 0 Å². The molecule has 0 aromatic carbocycles. The Balaban J connectivity index is 3.20. The minimum absolute atomic E-state index is 0.0622. The van der Waals surface area contributed by atoms with E-state index in [2.05, 4.69) is 9.97 Å². The molecule has 1 aromatic heterocycles. The van der Waals surface area contributed by atoms with E-state index in [1.807, 2.05) is 13.8 Å².